The number of nitrogens with one attached hydrogen (secondary N) is 2. The Labute approximate surface area is 129 Å². The zero-order chi connectivity index (χ0) is 15.9. The molecule has 0 fully saturated rings. The van der Waals surface area contributed by atoms with Crippen molar-refractivity contribution in [1.82, 2.24) is 20.2 Å². The van der Waals surface area contributed by atoms with Crippen LogP contribution in [-0.4, -0.2) is 35.6 Å². The second kappa shape index (κ2) is 7.70. The number of nitrogens with zero attached hydrogens (tertiary/aromatic N) is 2. The average Bonchev–Trinajstić information content (AvgIpc) is 2.52. The lowest BCUT2D eigenvalue weighted by molar-refractivity contribution is -0.121. The van der Waals surface area contributed by atoms with Crippen LogP contribution in [0.15, 0.2) is 29.3 Å². The third-order valence-corrected chi connectivity index (χ3v) is 3.56. The van der Waals surface area contributed by atoms with Crippen LogP contribution in [0.2, 0.25) is 0 Å². The fourth-order valence-corrected chi connectivity index (χ4v) is 2.30. The molecule has 2 aromatic rings. The number of aromatic nitrogens is 2. The van der Waals surface area contributed by atoms with Crippen molar-refractivity contribution in [3.05, 3.63) is 40.4 Å². The molecule has 0 unspecified atom stereocenters. The van der Waals surface area contributed by atoms with Crippen LogP contribution in [0.4, 0.5) is 0 Å². The molecule has 1 aromatic heterocycles. The van der Waals surface area contributed by atoms with Gasteiger partial charge in [-0.3, -0.25) is 14.2 Å². The highest BCUT2D eigenvalue weighted by molar-refractivity contribution is 5.80. The van der Waals surface area contributed by atoms with Crippen LogP contribution in [0.3, 0.4) is 0 Å². The number of aryl methyl sites for hydroxylation is 2. The molecule has 0 aliphatic carbocycles. The zero-order valence-corrected chi connectivity index (χ0v) is 13.1. The zero-order valence-electron chi connectivity index (χ0n) is 13.1. The summed E-state index contributed by atoms with van der Waals surface area (Å²) in [7, 11) is 1.88. The number of rotatable bonds is 7. The largest absolute Gasteiger partial charge is 0.356 e. The van der Waals surface area contributed by atoms with E-state index in [9.17, 15) is 9.59 Å². The minimum Gasteiger partial charge on any atom is -0.356 e. The maximum atomic E-state index is 12.4. The Kier molecular flexibility index (Phi) is 5.66. The molecule has 0 bridgehead atoms. The van der Waals surface area contributed by atoms with E-state index in [1.165, 1.54) is 10.9 Å². The van der Waals surface area contributed by atoms with Crippen molar-refractivity contribution in [2.24, 2.45) is 0 Å². The average molecular weight is 302 g/mol. The SMILES string of the molecule is CNCCCNC(=O)CCn1cnc2c(C)cccc2c1=O. The minimum atomic E-state index is -0.100. The fourth-order valence-electron chi connectivity index (χ4n) is 2.30. The van der Waals surface area contributed by atoms with Gasteiger partial charge in [0.1, 0.15) is 0 Å². The standard InChI is InChI=1S/C16H22N4O2/c1-12-5-3-6-13-15(12)19-11-20(16(13)22)10-7-14(21)18-9-4-8-17-2/h3,5-6,11,17H,4,7-10H2,1-2H3,(H,18,21). The first-order valence-electron chi connectivity index (χ1n) is 7.49. The number of para-hydroxylation sites is 1. The van der Waals surface area contributed by atoms with E-state index in [0.717, 1.165) is 24.0 Å². The Morgan fingerprint density at radius 3 is 2.91 bits per heavy atom. The summed E-state index contributed by atoms with van der Waals surface area (Å²) in [5.41, 5.74) is 1.60. The molecule has 6 nitrogen and oxygen atoms in total. The molecule has 0 radical (unpaired) electrons. The molecule has 0 spiro atoms. The van der Waals surface area contributed by atoms with Crippen LogP contribution in [0, 0.1) is 6.92 Å². The van der Waals surface area contributed by atoms with Crippen LogP contribution in [0.1, 0.15) is 18.4 Å². The van der Waals surface area contributed by atoms with E-state index in [1.807, 2.05) is 26.1 Å². The normalized spacial score (nSPS) is 10.8. The molecule has 0 aliphatic heterocycles. The molecule has 2 rings (SSSR count). The monoisotopic (exact) mass is 302 g/mol. The molecule has 1 amide bonds. The van der Waals surface area contributed by atoms with Crippen molar-refractivity contribution in [3.63, 3.8) is 0 Å². The number of fused-ring (bicyclic) bond motifs is 1. The molecule has 0 saturated heterocycles. The molecule has 2 N–H and O–H groups in total. The first-order chi connectivity index (χ1) is 10.6. The van der Waals surface area contributed by atoms with Gasteiger partial charge in [-0.1, -0.05) is 12.1 Å². The van der Waals surface area contributed by atoms with Crippen LogP contribution < -0.4 is 16.2 Å². The smallest absolute Gasteiger partial charge is 0.261 e. The van der Waals surface area contributed by atoms with Gasteiger partial charge in [-0.05, 0) is 38.6 Å². The number of hydrogen-bond donors (Lipinski definition) is 2. The second-order valence-electron chi connectivity index (χ2n) is 5.27. The number of benzene rings is 1. The summed E-state index contributed by atoms with van der Waals surface area (Å²) in [6.07, 6.45) is 2.68. The highest BCUT2D eigenvalue weighted by Gasteiger charge is 2.07. The quantitative estimate of drug-likeness (QED) is 0.743. The maximum Gasteiger partial charge on any atom is 0.261 e. The Morgan fingerprint density at radius 1 is 1.32 bits per heavy atom. The third kappa shape index (κ3) is 3.92. The van der Waals surface area contributed by atoms with Crippen molar-refractivity contribution in [1.29, 1.82) is 0 Å². The minimum absolute atomic E-state index is 0.0488. The predicted octanol–water partition coefficient (Wildman–Crippen LogP) is 0.821. The van der Waals surface area contributed by atoms with Crippen LogP contribution in [0.25, 0.3) is 10.9 Å². The molecule has 0 saturated carbocycles. The van der Waals surface area contributed by atoms with Gasteiger partial charge in [0.25, 0.3) is 5.56 Å². The Bertz CT molecular complexity index is 709. The van der Waals surface area contributed by atoms with Gasteiger partial charge in [0.15, 0.2) is 0 Å². The summed E-state index contributed by atoms with van der Waals surface area (Å²) in [6, 6.07) is 5.54. The topological polar surface area (TPSA) is 76.0 Å². The summed E-state index contributed by atoms with van der Waals surface area (Å²) in [5.74, 6) is -0.0488. The van der Waals surface area contributed by atoms with Gasteiger partial charge in [-0.25, -0.2) is 4.98 Å². The molecule has 1 heterocycles. The molecule has 0 atom stereocenters. The van der Waals surface area contributed by atoms with Gasteiger partial charge in [0, 0.05) is 19.5 Å². The summed E-state index contributed by atoms with van der Waals surface area (Å²) in [5, 5.41) is 6.46. The molecular weight excluding hydrogens is 280 g/mol. The van der Waals surface area contributed by atoms with Crippen molar-refractivity contribution < 1.29 is 4.79 Å². The Morgan fingerprint density at radius 2 is 2.14 bits per heavy atom. The highest BCUT2D eigenvalue weighted by atomic mass is 16.1. The van der Waals surface area contributed by atoms with Crippen LogP contribution >= 0.6 is 0 Å². The van der Waals surface area contributed by atoms with E-state index >= 15 is 0 Å². The number of hydrogen-bond acceptors (Lipinski definition) is 4. The van der Waals surface area contributed by atoms with Crippen molar-refractivity contribution in [3.8, 4) is 0 Å². The Hall–Kier alpha value is -2.21. The van der Waals surface area contributed by atoms with Gasteiger partial charge in [0.2, 0.25) is 5.91 Å². The van der Waals surface area contributed by atoms with Gasteiger partial charge in [-0.15, -0.1) is 0 Å². The highest BCUT2D eigenvalue weighted by Crippen LogP contribution is 2.11. The van der Waals surface area contributed by atoms with E-state index < -0.39 is 0 Å². The van der Waals surface area contributed by atoms with Gasteiger partial charge < -0.3 is 10.6 Å². The number of carbonyl (C=O) groups is 1. The van der Waals surface area contributed by atoms with E-state index in [-0.39, 0.29) is 17.9 Å². The van der Waals surface area contributed by atoms with E-state index in [0.29, 0.717) is 18.5 Å². The lowest BCUT2D eigenvalue weighted by atomic mass is 10.1. The number of carbonyl (C=O) groups excluding carboxylic acids is 1. The van der Waals surface area contributed by atoms with E-state index in [2.05, 4.69) is 15.6 Å². The second-order valence-corrected chi connectivity index (χ2v) is 5.27. The molecule has 118 valence electrons. The molecular formula is C16H22N4O2. The first kappa shape index (κ1) is 16.2. The lowest BCUT2D eigenvalue weighted by Gasteiger charge is -2.08. The van der Waals surface area contributed by atoms with E-state index in [1.54, 1.807) is 6.07 Å². The lowest BCUT2D eigenvalue weighted by Crippen LogP contribution is -2.29. The summed E-state index contributed by atoms with van der Waals surface area (Å²) >= 11 is 0. The Balaban J connectivity index is 1.99. The van der Waals surface area contributed by atoms with Crippen molar-refractivity contribution in [2.75, 3.05) is 20.1 Å². The first-order valence-corrected chi connectivity index (χ1v) is 7.49. The predicted molar refractivity (Wildman–Crippen MR) is 86.9 cm³/mol. The van der Waals surface area contributed by atoms with Gasteiger partial charge in [-0.2, -0.15) is 0 Å². The van der Waals surface area contributed by atoms with Gasteiger partial charge in [0.05, 0.1) is 17.2 Å². The van der Waals surface area contributed by atoms with Gasteiger partial charge >= 0.3 is 0 Å². The molecule has 22 heavy (non-hydrogen) atoms. The van der Waals surface area contributed by atoms with Crippen LogP contribution in [-0.2, 0) is 11.3 Å². The summed E-state index contributed by atoms with van der Waals surface area (Å²) < 4.78 is 1.49. The molecule has 6 heteroatoms. The molecule has 0 aliphatic rings. The third-order valence-electron chi connectivity index (χ3n) is 3.56. The van der Waals surface area contributed by atoms with Crippen molar-refractivity contribution in [2.45, 2.75) is 26.3 Å². The van der Waals surface area contributed by atoms with Crippen LogP contribution in [0.5, 0.6) is 0 Å². The van der Waals surface area contributed by atoms with E-state index in [4.69, 9.17) is 0 Å². The summed E-state index contributed by atoms with van der Waals surface area (Å²) in [6.45, 7) is 3.78. The fraction of sp³-hybridized carbons (Fsp3) is 0.438. The maximum absolute atomic E-state index is 12.4. The summed E-state index contributed by atoms with van der Waals surface area (Å²) in [4.78, 5) is 28.4. The molecule has 1 aromatic carbocycles. The number of amides is 1. The van der Waals surface area contributed by atoms with Crippen molar-refractivity contribution >= 4 is 16.8 Å².